The molecule has 1 saturated carbocycles. The van der Waals surface area contributed by atoms with E-state index in [1.54, 1.807) is 19.2 Å². The van der Waals surface area contributed by atoms with Gasteiger partial charge in [-0.15, -0.1) is 0 Å². The van der Waals surface area contributed by atoms with Crippen molar-refractivity contribution >= 4 is 17.4 Å². The third-order valence-corrected chi connectivity index (χ3v) is 3.80. The zero-order valence-corrected chi connectivity index (χ0v) is 11.9. The van der Waals surface area contributed by atoms with Crippen LogP contribution in [-0.2, 0) is 4.79 Å². The Morgan fingerprint density at radius 1 is 1.45 bits per heavy atom. The molecule has 0 bridgehead atoms. The van der Waals surface area contributed by atoms with Crippen molar-refractivity contribution in [2.45, 2.75) is 51.1 Å². The van der Waals surface area contributed by atoms with Crippen LogP contribution in [0.15, 0.2) is 18.3 Å². The molecule has 0 unspecified atom stereocenters. The Labute approximate surface area is 119 Å². The molecule has 1 aliphatic rings. The van der Waals surface area contributed by atoms with E-state index in [2.05, 4.69) is 27.4 Å². The Morgan fingerprint density at radius 3 is 2.65 bits per heavy atom. The molecule has 1 amide bonds. The van der Waals surface area contributed by atoms with Gasteiger partial charge in [-0.05, 0) is 38.7 Å². The van der Waals surface area contributed by atoms with Crippen molar-refractivity contribution < 1.29 is 4.79 Å². The van der Waals surface area contributed by atoms with E-state index in [9.17, 15) is 4.79 Å². The average molecular weight is 272 g/mol. The highest BCUT2D eigenvalue weighted by Crippen LogP contribution is 2.29. The van der Waals surface area contributed by atoms with Crippen molar-refractivity contribution in [3.05, 3.63) is 29.7 Å². The van der Waals surface area contributed by atoms with Crippen LogP contribution in [-0.4, -0.2) is 22.5 Å². The van der Waals surface area contributed by atoms with Gasteiger partial charge >= 0.3 is 0 Å². The van der Waals surface area contributed by atoms with Gasteiger partial charge in [-0.25, -0.2) is 4.85 Å². The molecule has 1 aromatic rings. The van der Waals surface area contributed by atoms with Crippen molar-refractivity contribution in [3.63, 3.8) is 0 Å². The third kappa shape index (κ3) is 3.70. The standard InChI is InChI=1S/C15H20N4O/c1-11(20)19-15(2)8-6-12(7-9-15)18-14-5-4-13(16-3)10-17-14/h4-5,10,12H,6-9H2,1-2H3,(H,17,18)(H,19,20). The molecule has 2 N–H and O–H groups in total. The largest absolute Gasteiger partial charge is 0.367 e. The molecular formula is C15H20N4O. The van der Waals surface area contributed by atoms with E-state index in [1.807, 2.05) is 6.07 Å². The summed E-state index contributed by atoms with van der Waals surface area (Å²) in [5.41, 5.74) is 0.475. The fourth-order valence-corrected chi connectivity index (χ4v) is 2.70. The Balaban J connectivity index is 1.88. The summed E-state index contributed by atoms with van der Waals surface area (Å²) in [6.45, 7) is 10.6. The zero-order valence-electron chi connectivity index (χ0n) is 11.9. The number of anilines is 1. The fourth-order valence-electron chi connectivity index (χ4n) is 2.70. The number of carbonyl (C=O) groups is 1. The Morgan fingerprint density at radius 2 is 2.15 bits per heavy atom. The minimum absolute atomic E-state index is 0.0373. The first-order valence-electron chi connectivity index (χ1n) is 6.89. The summed E-state index contributed by atoms with van der Waals surface area (Å²) in [6.07, 6.45) is 5.51. The molecule has 1 aromatic heterocycles. The first-order chi connectivity index (χ1) is 9.50. The maximum atomic E-state index is 11.2. The van der Waals surface area contributed by atoms with Crippen molar-refractivity contribution in [2.75, 3.05) is 5.32 Å². The maximum Gasteiger partial charge on any atom is 0.217 e. The molecular weight excluding hydrogens is 252 g/mol. The Hall–Kier alpha value is -2.09. The fraction of sp³-hybridized carbons (Fsp3) is 0.533. The van der Waals surface area contributed by atoms with Gasteiger partial charge in [-0.3, -0.25) is 9.78 Å². The second kappa shape index (κ2) is 5.91. The lowest BCUT2D eigenvalue weighted by molar-refractivity contribution is -0.121. The van der Waals surface area contributed by atoms with Gasteiger partial charge in [0.25, 0.3) is 0 Å². The van der Waals surface area contributed by atoms with Crippen LogP contribution in [0.1, 0.15) is 39.5 Å². The first-order valence-corrected chi connectivity index (χ1v) is 6.89. The van der Waals surface area contributed by atoms with Gasteiger partial charge in [0, 0.05) is 24.7 Å². The van der Waals surface area contributed by atoms with E-state index in [0.717, 1.165) is 31.5 Å². The number of hydrogen-bond acceptors (Lipinski definition) is 3. The van der Waals surface area contributed by atoms with Crippen LogP contribution >= 0.6 is 0 Å². The lowest BCUT2D eigenvalue weighted by Crippen LogP contribution is -2.49. The highest BCUT2D eigenvalue weighted by molar-refractivity contribution is 5.73. The highest BCUT2D eigenvalue weighted by Gasteiger charge is 2.31. The quantitative estimate of drug-likeness (QED) is 0.832. The van der Waals surface area contributed by atoms with E-state index in [4.69, 9.17) is 6.57 Å². The van der Waals surface area contributed by atoms with Crippen molar-refractivity contribution in [2.24, 2.45) is 0 Å². The van der Waals surface area contributed by atoms with Gasteiger partial charge in [0.2, 0.25) is 11.6 Å². The summed E-state index contributed by atoms with van der Waals surface area (Å²) in [6, 6.07) is 3.99. The topological polar surface area (TPSA) is 58.4 Å². The van der Waals surface area contributed by atoms with Crippen molar-refractivity contribution in [3.8, 4) is 0 Å². The molecule has 0 radical (unpaired) electrons. The molecule has 0 aliphatic heterocycles. The molecule has 5 heteroatoms. The molecule has 2 rings (SSSR count). The summed E-state index contributed by atoms with van der Waals surface area (Å²) in [5, 5.41) is 6.44. The SMILES string of the molecule is [C-]#[N+]c1ccc(NC2CCC(C)(NC(C)=O)CC2)nc1. The number of pyridine rings is 1. The summed E-state index contributed by atoms with van der Waals surface area (Å²) < 4.78 is 0. The summed E-state index contributed by atoms with van der Waals surface area (Å²) in [4.78, 5) is 18.7. The van der Waals surface area contributed by atoms with Crippen LogP contribution in [0.3, 0.4) is 0 Å². The molecule has 1 heterocycles. The lowest BCUT2D eigenvalue weighted by Gasteiger charge is -2.38. The maximum absolute atomic E-state index is 11.2. The molecule has 20 heavy (non-hydrogen) atoms. The first kappa shape index (κ1) is 14.3. The minimum Gasteiger partial charge on any atom is -0.367 e. The Kier molecular flexibility index (Phi) is 4.23. The molecule has 5 nitrogen and oxygen atoms in total. The third-order valence-electron chi connectivity index (χ3n) is 3.80. The summed E-state index contributed by atoms with van der Waals surface area (Å²) >= 11 is 0. The van der Waals surface area contributed by atoms with Crippen molar-refractivity contribution in [1.29, 1.82) is 0 Å². The van der Waals surface area contributed by atoms with Gasteiger partial charge in [0.05, 0.1) is 6.57 Å². The smallest absolute Gasteiger partial charge is 0.217 e. The second-order valence-electron chi connectivity index (χ2n) is 5.67. The van der Waals surface area contributed by atoms with Crippen LogP contribution in [0, 0.1) is 6.57 Å². The Bertz CT molecular complexity index is 510. The van der Waals surface area contributed by atoms with Crippen LogP contribution in [0.2, 0.25) is 0 Å². The monoisotopic (exact) mass is 272 g/mol. The van der Waals surface area contributed by atoms with E-state index in [0.29, 0.717) is 11.7 Å². The van der Waals surface area contributed by atoms with Gasteiger partial charge in [-0.2, -0.15) is 0 Å². The predicted octanol–water partition coefficient (Wildman–Crippen LogP) is 2.88. The average Bonchev–Trinajstić information content (AvgIpc) is 2.41. The zero-order chi connectivity index (χ0) is 14.6. The van der Waals surface area contributed by atoms with E-state index < -0.39 is 0 Å². The van der Waals surface area contributed by atoms with E-state index in [1.165, 1.54) is 0 Å². The molecule has 1 aliphatic carbocycles. The normalized spacial score (nSPS) is 25.6. The molecule has 0 saturated heterocycles. The number of nitrogens with one attached hydrogen (secondary N) is 2. The van der Waals surface area contributed by atoms with Crippen LogP contribution in [0.4, 0.5) is 11.5 Å². The number of rotatable bonds is 3. The van der Waals surface area contributed by atoms with Gasteiger partial charge in [0.15, 0.2) is 0 Å². The van der Waals surface area contributed by atoms with Crippen molar-refractivity contribution in [1.82, 2.24) is 10.3 Å². The second-order valence-corrected chi connectivity index (χ2v) is 5.67. The van der Waals surface area contributed by atoms with E-state index in [-0.39, 0.29) is 11.4 Å². The van der Waals surface area contributed by atoms with E-state index >= 15 is 0 Å². The number of nitrogens with zero attached hydrogens (tertiary/aromatic N) is 2. The molecule has 0 spiro atoms. The van der Waals surface area contributed by atoms with Crippen LogP contribution in [0.25, 0.3) is 4.85 Å². The number of aromatic nitrogens is 1. The minimum atomic E-state index is -0.0780. The number of carbonyl (C=O) groups excluding carboxylic acids is 1. The van der Waals surface area contributed by atoms with Crippen LogP contribution < -0.4 is 10.6 Å². The molecule has 0 aromatic carbocycles. The molecule has 1 fully saturated rings. The number of amides is 1. The predicted molar refractivity (Wildman–Crippen MR) is 78.6 cm³/mol. The highest BCUT2D eigenvalue weighted by atomic mass is 16.1. The number of hydrogen-bond donors (Lipinski definition) is 2. The van der Waals surface area contributed by atoms with Gasteiger partial charge in [0.1, 0.15) is 5.82 Å². The molecule has 106 valence electrons. The summed E-state index contributed by atoms with van der Waals surface area (Å²) in [7, 11) is 0. The van der Waals surface area contributed by atoms with Crippen LogP contribution in [0.5, 0.6) is 0 Å². The molecule has 0 atom stereocenters. The van der Waals surface area contributed by atoms with Gasteiger partial charge in [-0.1, -0.05) is 6.07 Å². The van der Waals surface area contributed by atoms with Gasteiger partial charge < -0.3 is 10.6 Å². The lowest BCUT2D eigenvalue weighted by atomic mass is 9.80. The summed E-state index contributed by atoms with van der Waals surface area (Å²) in [5.74, 6) is 0.848.